The molecule has 0 bridgehead atoms. The first-order valence-electron chi connectivity index (χ1n) is 5.05. The smallest absolute Gasteiger partial charge is 0.233 e. The van der Waals surface area contributed by atoms with Crippen molar-refractivity contribution in [2.75, 3.05) is 6.54 Å². The van der Waals surface area contributed by atoms with Crippen molar-refractivity contribution in [3.05, 3.63) is 40.9 Å². The van der Waals surface area contributed by atoms with Gasteiger partial charge in [0.2, 0.25) is 5.91 Å². The molecule has 0 aliphatic heterocycles. The lowest BCUT2D eigenvalue weighted by atomic mass is 10.4. The maximum Gasteiger partial charge on any atom is 0.233 e. The summed E-state index contributed by atoms with van der Waals surface area (Å²) >= 11 is 13.3. The van der Waals surface area contributed by atoms with Gasteiger partial charge in [0.1, 0.15) is 0 Å². The van der Waals surface area contributed by atoms with Gasteiger partial charge in [-0.3, -0.25) is 4.79 Å². The molecule has 1 amide bonds. The van der Waals surface area contributed by atoms with Crippen LogP contribution in [0, 0.1) is 0 Å². The molecule has 0 aliphatic rings. The summed E-state index contributed by atoms with van der Waals surface area (Å²) in [5.41, 5.74) is 0. The Morgan fingerprint density at radius 3 is 2.94 bits per heavy atom. The minimum Gasteiger partial charge on any atom is -0.352 e. The topological polar surface area (TPSA) is 29.1 Å². The Balaban J connectivity index is 2.66. The van der Waals surface area contributed by atoms with Crippen molar-refractivity contribution in [2.24, 2.45) is 0 Å². The number of carbonyl (C=O) groups excluding carboxylic acids is 1. The van der Waals surface area contributed by atoms with Crippen LogP contribution in [0.1, 0.15) is 6.92 Å². The van der Waals surface area contributed by atoms with Crippen molar-refractivity contribution in [2.45, 2.75) is 17.1 Å². The van der Waals surface area contributed by atoms with Gasteiger partial charge in [0.15, 0.2) is 0 Å². The lowest BCUT2D eigenvalue weighted by Gasteiger charge is -2.12. The van der Waals surface area contributed by atoms with E-state index in [1.807, 2.05) is 6.92 Å². The Morgan fingerprint density at radius 1 is 1.59 bits per heavy atom. The number of thioether (sulfide) groups is 1. The third-order valence-corrected chi connectivity index (χ3v) is 3.82. The number of hydrogen-bond donors (Lipinski definition) is 1. The van der Waals surface area contributed by atoms with Crippen LogP contribution in [0.25, 0.3) is 0 Å². The van der Waals surface area contributed by atoms with Crippen LogP contribution in [0.4, 0.5) is 0 Å². The zero-order valence-corrected chi connectivity index (χ0v) is 11.7. The Hall–Kier alpha value is -0.640. The lowest BCUT2D eigenvalue weighted by Crippen LogP contribution is -2.30. The molecule has 0 radical (unpaired) electrons. The zero-order chi connectivity index (χ0) is 12.8. The van der Waals surface area contributed by atoms with Gasteiger partial charge in [0, 0.05) is 16.5 Å². The number of halogens is 2. The van der Waals surface area contributed by atoms with Crippen LogP contribution in [0.15, 0.2) is 35.7 Å². The van der Waals surface area contributed by atoms with Crippen molar-refractivity contribution >= 4 is 40.9 Å². The predicted octanol–water partition coefficient (Wildman–Crippen LogP) is 3.78. The number of amides is 1. The van der Waals surface area contributed by atoms with Gasteiger partial charge in [0.05, 0.1) is 10.3 Å². The predicted molar refractivity (Wildman–Crippen MR) is 75.0 cm³/mol. The number of rotatable bonds is 5. The highest BCUT2D eigenvalue weighted by Gasteiger charge is 2.15. The molecule has 0 aromatic heterocycles. The van der Waals surface area contributed by atoms with Crippen LogP contribution < -0.4 is 5.32 Å². The normalized spacial score (nSPS) is 11.9. The minimum absolute atomic E-state index is 0.0501. The molecule has 1 aromatic carbocycles. The van der Waals surface area contributed by atoms with Crippen LogP contribution in [0.3, 0.4) is 0 Å². The molecule has 2 nitrogen and oxygen atoms in total. The molecule has 0 fully saturated rings. The molecule has 1 atom stereocenters. The van der Waals surface area contributed by atoms with Crippen molar-refractivity contribution in [1.82, 2.24) is 5.32 Å². The number of benzene rings is 1. The fourth-order valence-electron chi connectivity index (χ4n) is 1.13. The van der Waals surface area contributed by atoms with Crippen LogP contribution in [0.2, 0.25) is 10.0 Å². The highest BCUT2D eigenvalue weighted by atomic mass is 35.5. The Bertz CT molecular complexity index is 423. The summed E-state index contributed by atoms with van der Waals surface area (Å²) in [5, 5.41) is 3.71. The molecule has 92 valence electrons. The van der Waals surface area contributed by atoms with Gasteiger partial charge in [-0.05, 0) is 25.1 Å². The van der Waals surface area contributed by atoms with Crippen LogP contribution in [-0.2, 0) is 4.79 Å². The minimum atomic E-state index is -0.231. The first kappa shape index (κ1) is 14.4. The summed E-state index contributed by atoms with van der Waals surface area (Å²) in [6, 6.07) is 5.20. The summed E-state index contributed by atoms with van der Waals surface area (Å²) in [6.45, 7) is 5.83. The van der Waals surface area contributed by atoms with Gasteiger partial charge in [-0.15, -0.1) is 18.3 Å². The van der Waals surface area contributed by atoms with E-state index in [2.05, 4.69) is 11.9 Å². The largest absolute Gasteiger partial charge is 0.352 e. The third kappa shape index (κ3) is 4.62. The molecule has 17 heavy (non-hydrogen) atoms. The molecule has 1 N–H and O–H groups in total. The molecule has 0 spiro atoms. The van der Waals surface area contributed by atoms with E-state index >= 15 is 0 Å². The summed E-state index contributed by atoms with van der Waals surface area (Å²) in [4.78, 5) is 12.5. The molecular weight excluding hydrogens is 277 g/mol. The van der Waals surface area contributed by atoms with E-state index in [0.717, 1.165) is 4.90 Å². The highest BCUT2D eigenvalue weighted by Crippen LogP contribution is 2.32. The van der Waals surface area contributed by atoms with E-state index in [4.69, 9.17) is 23.2 Å². The van der Waals surface area contributed by atoms with Crippen molar-refractivity contribution in [3.63, 3.8) is 0 Å². The van der Waals surface area contributed by atoms with E-state index in [0.29, 0.717) is 16.6 Å². The fraction of sp³-hybridized carbons (Fsp3) is 0.250. The second-order valence-electron chi connectivity index (χ2n) is 3.37. The third-order valence-electron chi connectivity index (χ3n) is 1.99. The molecule has 5 heteroatoms. The average molecular weight is 290 g/mol. The molecule has 1 rings (SSSR count). The summed E-state index contributed by atoms with van der Waals surface area (Å²) in [5.74, 6) is -0.0501. The second kappa shape index (κ2) is 6.94. The van der Waals surface area contributed by atoms with Gasteiger partial charge in [-0.25, -0.2) is 0 Å². The zero-order valence-electron chi connectivity index (χ0n) is 9.37. The molecule has 0 heterocycles. The first-order valence-corrected chi connectivity index (χ1v) is 6.68. The van der Waals surface area contributed by atoms with Gasteiger partial charge in [-0.2, -0.15) is 0 Å². The molecule has 0 aliphatic carbocycles. The van der Waals surface area contributed by atoms with Gasteiger partial charge < -0.3 is 5.32 Å². The van der Waals surface area contributed by atoms with Gasteiger partial charge >= 0.3 is 0 Å². The quantitative estimate of drug-likeness (QED) is 0.660. The Labute approximate surface area is 115 Å². The van der Waals surface area contributed by atoms with Crippen molar-refractivity contribution in [1.29, 1.82) is 0 Å². The van der Waals surface area contributed by atoms with E-state index in [1.54, 1.807) is 24.3 Å². The molecular formula is C12H13Cl2NOS. The van der Waals surface area contributed by atoms with Crippen molar-refractivity contribution in [3.8, 4) is 0 Å². The Kier molecular flexibility index (Phi) is 5.89. The van der Waals surface area contributed by atoms with E-state index < -0.39 is 0 Å². The van der Waals surface area contributed by atoms with Crippen LogP contribution in [0.5, 0.6) is 0 Å². The van der Waals surface area contributed by atoms with Crippen LogP contribution >= 0.6 is 35.0 Å². The standard InChI is InChI=1S/C12H13Cl2NOS/c1-3-6-15-12(16)8(2)17-11-7-9(13)4-5-10(11)14/h3-5,7-8H,1,6H2,2H3,(H,15,16). The summed E-state index contributed by atoms with van der Waals surface area (Å²) in [6.07, 6.45) is 1.64. The number of nitrogens with one attached hydrogen (secondary N) is 1. The van der Waals surface area contributed by atoms with Crippen LogP contribution in [-0.4, -0.2) is 17.7 Å². The van der Waals surface area contributed by atoms with Gasteiger partial charge in [-0.1, -0.05) is 29.3 Å². The molecule has 1 unspecified atom stereocenters. The fourth-order valence-corrected chi connectivity index (χ4v) is 2.56. The molecule has 1 aromatic rings. The highest BCUT2D eigenvalue weighted by molar-refractivity contribution is 8.00. The second-order valence-corrected chi connectivity index (χ2v) is 5.59. The Morgan fingerprint density at radius 2 is 2.29 bits per heavy atom. The van der Waals surface area contributed by atoms with E-state index in [9.17, 15) is 4.79 Å². The van der Waals surface area contributed by atoms with Crippen molar-refractivity contribution < 1.29 is 4.79 Å². The monoisotopic (exact) mass is 289 g/mol. The van der Waals surface area contributed by atoms with E-state index in [1.165, 1.54) is 11.8 Å². The molecule has 0 saturated heterocycles. The summed E-state index contributed by atoms with van der Waals surface area (Å²) in [7, 11) is 0. The SMILES string of the molecule is C=CCNC(=O)C(C)Sc1cc(Cl)ccc1Cl. The number of carbonyl (C=O) groups is 1. The maximum absolute atomic E-state index is 11.6. The number of hydrogen-bond acceptors (Lipinski definition) is 2. The average Bonchev–Trinajstić information content (AvgIpc) is 2.30. The summed E-state index contributed by atoms with van der Waals surface area (Å²) < 4.78 is 0. The first-order chi connectivity index (χ1) is 8.04. The van der Waals surface area contributed by atoms with Gasteiger partial charge in [0.25, 0.3) is 0 Å². The van der Waals surface area contributed by atoms with E-state index in [-0.39, 0.29) is 11.2 Å². The maximum atomic E-state index is 11.6. The lowest BCUT2D eigenvalue weighted by molar-refractivity contribution is -0.120. The molecule has 0 saturated carbocycles.